The summed E-state index contributed by atoms with van der Waals surface area (Å²) in [7, 11) is 0. The molecular formula is C13H24O4. The second kappa shape index (κ2) is 6.77. The minimum absolute atomic E-state index is 0.287. The Labute approximate surface area is 103 Å². The summed E-state index contributed by atoms with van der Waals surface area (Å²) < 4.78 is 5.29. The summed E-state index contributed by atoms with van der Waals surface area (Å²) >= 11 is 0. The van der Waals surface area contributed by atoms with Crippen molar-refractivity contribution < 1.29 is 19.7 Å². The third-order valence-electron chi connectivity index (χ3n) is 2.19. The van der Waals surface area contributed by atoms with Crippen molar-refractivity contribution in [3.63, 3.8) is 0 Å². The molecule has 0 saturated heterocycles. The molecule has 1 unspecified atom stereocenters. The zero-order chi connectivity index (χ0) is 13.6. The lowest BCUT2D eigenvalue weighted by Gasteiger charge is -2.21. The van der Waals surface area contributed by atoms with Crippen LogP contribution < -0.4 is 0 Å². The van der Waals surface area contributed by atoms with E-state index in [1.165, 1.54) is 0 Å². The molecule has 0 heterocycles. The van der Waals surface area contributed by atoms with E-state index in [2.05, 4.69) is 0 Å². The molecule has 0 aliphatic heterocycles. The third kappa shape index (κ3) is 7.13. The standard InChI is InChI=1S/C13H24O4/c1-9(2)11(7-6-10(15)8-14)12(16)17-13(3,4)5/h10,14-15H,6-8H2,1-5H3. The zero-order valence-electron chi connectivity index (χ0n) is 11.4. The van der Waals surface area contributed by atoms with E-state index in [9.17, 15) is 9.90 Å². The summed E-state index contributed by atoms with van der Waals surface area (Å²) in [6.45, 7) is 8.84. The number of aliphatic hydroxyl groups is 2. The highest BCUT2D eigenvalue weighted by atomic mass is 16.6. The second-order valence-electron chi connectivity index (χ2n) is 5.36. The second-order valence-corrected chi connectivity index (χ2v) is 5.36. The topological polar surface area (TPSA) is 66.8 Å². The fourth-order valence-corrected chi connectivity index (χ4v) is 1.30. The van der Waals surface area contributed by atoms with Gasteiger partial charge in [-0.3, -0.25) is 0 Å². The quantitative estimate of drug-likeness (QED) is 0.571. The maximum atomic E-state index is 11.9. The highest BCUT2D eigenvalue weighted by Crippen LogP contribution is 2.18. The van der Waals surface area contributed by atoms with Crippen LogP contribution in [-0.2, 0) is 9.53 Å². The van der Waals surface area contributed by atoms with Crippen molar-refractivity contribution in [2.75, 3.05) is 6.61 Å². The first-order chi connectivity index (χ1) is 7.67. The van der Waals surface area contributed by atoms with Crippen molar-refractivity contribution in [3.05, 3.63) is 11.1 Å². The molecular weight excluding hydrogens is 220 g/mol. The van der Waals surface area contributed by atoms with Crippen LogP contribution >= 0.6 is 0 Å². The number of hydrogen-bond acceptors (Lipinski definition) is 4. The van der Waals surface area contributed by atoms with Crippen LogP contribution in [0.5, 0.6) is 0 Å². The largest absolute Gasteiger partial charge is 0.457 e. The molecule has 0 rings (SSSR count). The van der Waals surface area contributed by atoms with Crippen LogP contribution in [0, 0.1) is 0 Å². The summed E-state index contributed by atoms with van der Waals surface area (Å²) in [5, 5.41) is 18.0. The van der Waals surface area contributed by atoms with Crippen molar-refractivity contribution in [3.8, 4) is 0 Å². The van der Waals surface area contributed by atoms with Crippen LogP contribution in [0.25, 0.3) is 0 Å². The number of carbonyl (C=O) groups excluding carboxylic acids is 1. The van der Waals surface area contributed by atoms with Crippen LogP contribution in [0.1, 0.15) is 47.5 Å². The smallest absolute Gasteiger partial charge is 0.334 e. The third-order valence-corrected chi connectivity index (χ3v) is 2.19. The van der Waals surface area contributed by atoms with Crippen molar-refractivity contribution in [2.24, 2.45) is 0 Å². The lowest BCUT2D eigenvalue weighted by Crippen LogP contribution is -2.25. The minimum Gasteiger partial charge on any atom is -0.457 e. The van der Waals surface area contributed by atoms with Crippen molar-refractivity contribution in [1.29, 1.82) is 0 Å². The fraction of sp³-hybridized carbons (Fsp3) is 0.769. The van der Waals surface area contributed by atoms with Gasteiger partial charge in [0.25, 0.3) is 0 Å². The van der Waals surface area contributed by atoms with Gasteiger partial charge in [-0.05, 0) is 47.5 Å². The van der Waals surface area contributed by atoms with Gasteiger partial charge < -0.3 is 14.9 Å². The van der Waals surface area contributed by atoms with Crippen molar-refractivity contribution in [1.82, 2.24) is 0 Å². The Hall–Kier alpha value is -0.870. The highest BCUT2D eigenvalue weighted by Gasteiger charge is 2.21. The first-order valence-electron chi connectivity index (χ1n) is 5.86. The number of hydrogen-bond donors (Lipinski definition) is 2. The summed E-state index contributed by atoms with van der Waals surface area (Å²) in [6.07, 6.45) is -0.0123. The Morgan fingerprint density at radius 2 is 1.82 bits per heavy atom. The molecule has 17 heavy (non-hydrogen) atoms. The fourth-order valence-electron chi connectivity index (χ4n) is 1.30. The molecule has 0 spiro atoms. The lowest BCUT2D eigenvalue weighted by molar-refractivity contribution is -0.150. The molecule has 0 bridgehead atoms. The van der Waals surface area contributed by atoms with Gasteiger partial charge in [-0.25, -0.2) is 4.79 Å². The van der Waals surface area contributed by atoms with E-state index in [0.29, 0.717) is 18.4 Å². The Morgan fingerprint density at radius 3 is 2.18 bits per heavy atom. The predicted molar refractivity (Wildman–Crippen MR) is 66.5 cm³/mol. The lowest BCUT2D eigenvalue weighted by atomic mass is 10.0. The van der Waals surface area contributed by atoms with Gasteiger partial charge in [-0.15, -0.1) is 0 Å². The number of esters is 1. The predicted octanol–water partition coefficient (Wildman–Crippen LogP) is 1.80. The van der Waals surface area contributed by atoms with E-state index in [1.807, 2.05) is 34.6 Å². The zero-order valence-corrected chi connectivity index (χ0v) is 11.4. The number of ether oxygens (including phenoxy) is 1. The van der Waals surface area contributed by atoms with Gasteiger partial charge >= 0.3 is 5.97 Å². The number of rotatable bonds is 5. The SMILES string of the molecule is CC(C)=C(CCC(O)CO)C(=O)OC(C)(C)C. The molecule has 0 saturated carbocycles. The summed E-state index contributed by atoms with van der Waals surface area (Å²) in [5.74, 6) is -0.345. The Morgan fingerprint density at radius 1 is 1.29 bits per heavy atom. The molecule has 0 aliphatic rings. The highest BCUT2D eigenvalue weighted by molar-refractivity contribution is 5.89. The Kier molecular flexibility index (Phi) is 6.42. The van der Waals surface area contributed by atoms with Gasteiger partial charge in [-0.2, -0.15) is 0 Å². The van der Waals surface area contributed by atoms with Crippen LogP contribution in [0.15, 0.2) is 11.1 Å². The molecule has 0 fully saturated rings. The van der Waals surface area contributed by atoms with Crippen LogP contribution in [0.2, 0.25) is 0 Å². The van der Waals surface area contributed by atoms with Gasteiger partial charge in [0.1, 0.15) is 5.60 Å². The van der Waals surface area contributed by atoms with E-state index in [1.54, 1.807) is 0 Å². The van der Waals surface area contributed by atoms with Gasteiger partial charge in [-0.1, -0.05) is 5.57 Å². The average molecular weight is 244 g/mol. The van der Waals surface area contributed by atoms with Crippen LogP contribution in [0.4, 0.5) is 0 Å². The number of allylic oxidation sites excluding steroid dienone is 1. The summed E-state index contributed by atoms with van der Waals surface area (Å²) in [4.78, 5) is 11.9. The Bertz CT molecular complexity index is 282. The molecule has 4 nitrogen and oxygen atoms in total. The van der Waals surface area contributed by atoms with Gasteiger partial charge in [0.2, 0.25) is 0 Å². The van der Waals surface area contributed by atoms with Crippen molar-refractivity contribution >= 4 is 5.97 Å². The maximum Gasteiger partial charge on any atom is 0.334 e. The van der Waals surface area contributed by atoms with Crippen LogP contribution in [0.3, 0.4) is 0 Å². The number of aliphatic hydroxyl groups excluding tert-OH is 2. The van der Waals surface area contributed by atoms with Gasteiger partial charge in [0, 0.05) is 5.57 Å². The van der Waals surface area contributed by atoms with Gasteiger partial charge in [0.15, 0.2) is 0 Å². The molecule has 0 radical (unpaired) electrons. The molecule has 0 aromatic heterocycles. The molecule has 0 aliphatic carbocycles. The van der Waals surface area contributed by atoms with E-state index in [0.717, 1.165) is 5.57 Å². The first-order valence-corrected chi connectivity index (χ1v) is 5.86. The van der Waals surface area contributed by atoms with Crippen LogP contribution in [-0.4, -0.2) is 34.5 Å². The average Bonchev–Trinajstić information content (AvgIpc) is 2.14. The first kappa shape index (κ1) is 16.1. The molecule has 4 heteroatoms. The molecule has 100 valence electrons. The minimum atomic E-state index is -0.785. The van der Waals surface area contributed by atoms with Gasteiger partial charge in [0.05, 0.1) is 12.7 Å². The van der Waals surface area contributed by atoms with Crippen molar-refractivity contribution in [2.45, 2.75) is 59.2 Å². The number of carbonyl (C=O) groups is 1. The monoisotopic (exact) mass is 244 g/mol. The van der Waals surface area contributed by atoms with E-state index >= 15 is 0 Å². The normalized spacial score (nSPS) is 13.1. The molecule has 1 atom stereocenters. The van der Waals surface area contributed by atoms with E-state index in [4.69, 9.17) is 9.84 Å². The summed E-state index contributed by atoms with van der Waals surface area (Å²) in [5.41, 5.74) is 0.935. The molecule has 2 N–H and O–H groups in total. The summed E-state index contributed by atoms with van der Waals surface area (Å²) in [6, 6.07) is 0. The molecule has 0 aromatic carbocycles. The van der Waals surface area contributed by atoms with E-state index < -0.39 is 11.7 Å². The molecule has 0 aromatic rings. The van der Waals surface area contributed by atoms with E-state index in [-0.39, 0.29) is 12.6 Å². The maximum absolute atomic E-state index is 11.9. The molecule has 0 amide bonds. The Balaban J connectivity index is 4.57.